The number of methoxy groups -OCH3 is 1. The summed E-state index contributed by atoms with van der Waals surface area (Å²) in [6.45, 7) is 4.76. The highest BCUT2D eigenvalue weighted by molar-refractivity contribution is 4.66. The van der Waals surface area contributed by atoms with Crippen molar-refractivity contribution in [1.82, 2.24) is 5.32 Å². The van der Waals surface area contributed by atoms with E-state index in [1.807, 2.05) is 0 Å². The van der Waals surface area contributed by atoms with Crippen LogP contribution in [0.2, 0.25) is 0 Å². The molecule has 0 radical (unpaired) electrons. The van der Waals surface area contributed by atoms with Crippen LogP contribution >= 0.6 is 0 Å². The molecule has 0 aliphatic heterocycles. The van der Waals surface area contributed by atoms with Gasteiger partial charge in [-0.2, -0.15) is 0 Å². The molecule has 3 heteroatoms. The summed E-state index contributed by atoms with van der Waals surface area (Å²) in [7, 11) is 1.73. The summed E-state index contributed by atoms with van der Waals surface area (Å²) >= 11 is 0. The molecule has 0 fully saturated rings. The number of hydrogen-bond acceptors (Lipinski definition) is 3. The molecule has 0 aromatic heterocycles. The lowest BCUT2D eigenvalue weighted by atomic mass is 10.1. The van der Waals surface area contributed by atoms with Crippen molar-refractivity contribution in [2.24, 2.45) is 5.73 Å². The zero-order chi connectivity index (χ0) is 9.23. The normalized spacial score (nSPS) is 13.2. The van der Waals surface area contributed by atoms with Gasteiger partial charge < -0.3 is 15.8 Å². The maximum atomic E-state index is 5.58. The van der Waals surface area contributed by atoms with Gasteiger partial charge in [-0.1, -0.05) is 13.3 Å². The Labute approximate surface area is 75.7 Å². The third-order valence-electron chi connectivity index (χ3n) is 1.88. The van der Waals surface area contributed by atoms with E-state index < -0.39 is 0 Å². The molecule has 3 nitrogen and oxygen atoms in total. The molecule has 0 aliphatic carbocycles. The molecular formula is C9H22N2O. The minimum Gasteiger partial charge on any atom is -0.385 e. The Morgan fingerprint density at radius 2 is 2.25 bits per heavy atom. The van der Waals surface area contributed by atoms with E-state index in [4.69, 9.17) is 10.5 Å². The van der Waals surface area contributed by atoms with E-state index in [1.54, 1.807) is 7.11 Å². The van der Waals surface area contributed by atoms with E-state index in [0.29, 0.717) is 6.04 Å². The van der Waals surface area contributed by atoms with Gasteiger partial charge >= 0.3 is 0 Å². The molecule has 0 saturated heterocycles. The van der Waals surface area contributed by atoms with Crippen LogP contribution in [-0.4, -0.2) is 32.8 Å². The van der Waals surface area contributed by atoms with Crippen LogP contribution in [0.5, 0.6) is 0 Å². The maximum Gasteiger partial charge on any atom is 0.0474 e. The van der Waals surface area contributed by atoms with Gasteiger partial charge in [-0.25, -0.2) is 0 Å². The predicted molar refractivity (Wildman–Crippen MR) is 52.2 cm³/mol. The molecule has 0 aromatic carbocycles. The van der Waals surface area contributed by atoms with Crippen molar-refractivity contribution >= 4 is 0 Å². The summed E-state index contributed by atoms with van der Waals surface area (Å²) in [6.07, 6.45) is 3.43. The van der Waals surface area contributed by atoms with Gasteiger partial charge in [-0.05, 0) is 19.4 Å². The first-order chi connectivity index (χ1) is 5.85. The van der Waals surface area contributed by atoms with Crippen molar-refractivity contribution in [2.45, 2.75) is 32.2 Å². The Morgan fingerprint density at radius 1 is 1.50 bits per heavy atom. The van der Waals surface area contributed by atoms with E-state index in [9.17, 15) is 0 Å². The predicted octanol–water partition coefficient (Wildman–Crippen LogP) is 0.740. The topological polar surface area (TPSA) is 47.3 Å². The van der Waals surface area contributed by atoms with Gasteiger partial charge in [0.2, 0.25) is 0 Å². The summed E-state index contributed by atoms with van der Waals surface area (Å²) in [5.74, 6) is 0. The minimum atomic E-state index is 0.492. The van der Waals surface area contributed by atoms with Gasteiger partial charge in [0.25, 0.3) is 0 Å². The van der Waals surface area contributed by atoms with Crippen LogP contribution in [0.3, 0.4) is 0 Å². The van der Waals surface area contributed by atoms with Crippen molar-refractivity contribution in [3.63, 3.8) is 0 Å². The monoisotopic (exact) mass is 174 g/mol. The average Bonchev–Trinajstić information content (AvgIpc) is 2.10. The van der Waals surface area contributed by atoms with Crippen molar-refractivity contribution in [2.75, 3.05) is 26.8 Å². The Kier molecular flexibility index (Phi) is 8.88. The van der Waals surface area contributed by atoms with Gasteiger partial charge in [-0.3, -0.25) is 0 Å². The molecule has 0 bridgehead atoms. The number of ether oxygens (including phenoxy) is 1. The number of hydrogen-bond donors (Lipinski definition) is 2. The number of nitrogens with two attached hydrogens (primary N) is 1. The van der Waals surface area contributed by atoms with Crippen LogP contribution in [0, 0.1) is 0 Å². The lowest BCUT2D eigenvalue weighted by Gasteiger charge is -2.15. The van der Waals surface area contributed by atoms with Crippen molar-refractivity contribution in [3.05, 3.63) is 0 Å². The highest BCUT2D eigenvalue weighted by Gasteiger charge is 2.02. The third kappa shape index (κ3) is 6.58. The van der Waals surface area contributed by atoms with Crippen molar-refractivity contribution < 1.29 is 4.74 Å². The second kappa shape index (κ2) is 8.97. The zero-order valence-electron chi connectivity index (χ0n) is 8.31. The lowest BCUT2D eigenvalue weighted by Crippen LogP contribution is -2.36. The summed E-state index contributed by atoms with van der Waals surface area (Å²) in [5.41, 5.74) is 5.58. The molecule has 0 amide bonds. The Morgan fingerprint density at radius 3 is 2.75 bits per heavy atom. The van der Waals surface area contributed by atoms with Crippen LogP contribution in [0.1, 0.15) is 26.2 Å². The van der Waals surface area contributed by atoms with Gasteiger partial charge in [0, 0.05) is 26.3 Å². The van der Waals surface area contributed by atoms with Gasteiger partial charge in [0.05, 0.1) is 0 Å². The van der Waals surface area contributed by atoms with Crippen LogP contribution in [-0.2, 0) is 4.74 Å². The maximum absolute atomic E-state index is 5.58. The minimum absolute atomic E-state index is 0.492. The Hall–Kier alpha value is -0.120. The first kappa shape index (κ1) is 11.9. The second-order valence-corrected chi connectivity index (χ2v) is 3.02. The first-order valence-electron chi connectivity index (χ1n) is 4.77. The molecule has 0 rings (SSSR count). The molecule has 0 saturated carbocycles. The molecule has 0 aromatic rings. The molecule has 0 spiro atoms. The standard InChI is InChI=1S/C9H22N2O/c1-3-5-9(8-10)11-6-4-7-12-2/h9,11H,3-8,10H2,1-2H3. The molecule has 12 heavy (non-hydrogen) atoms. The van der Waals surface area contributed by atoms with E-state index in [-0.39, 0.29) is 0 Å². The fourth-order valence-corrected chi connectivity index (χ4v) is 1.17. The second-order valence-electron chi connectivity index (χ2n) is 3.02. The quantitative estimate of drug-likeness (QED) is 0.534. The molecule has 3 N–H and O–H groups in total. The third-order valence-corrected chi connectivity index (χ3v) is 1.88. The highest BCUT2D eigenvalue weighted by atomic mass is 16.5. The molecule has 1 atom stereocenters. The Balaban J connectivity index is 3.19. The molecule has 0 aliphatic rings. The Bertz CT molecular complexity index is 88.6. The van der Waals surface area contributed by atoms with Gasteiger partial charge in [0.1, 0.15) is 0 Å². The number of nitrogens with one attached hydrogen (secondary N) is 1. The summed E-state index contributed by atoms with van der Waals surface area (Å²) in [6, 6.07) is 0.492. The molecule has 1 unspecified atom stereocenters. The van der Waals surface area contributed by atoms with Crippen molar-refractivity contribution in [1.29, 1.82) is 0 Å². The fourth-order valence-electron chi connectivity index (χ4n) is 1.17. The summed E-state index contributed by atoms with van der Waals surface area (Å²) in [4.78, 5) is 0. The fraction of sp³-hybridized carbons (Fsp3) is 1.00. The molecular weight excluding hydrogens is 152 g/mol. The SMILES string of the molecule is CCCC(CN)NCCCOC. The van der Waals surface area contributed by atoms with Crippen LogP contribution < -0.4 is 11.1 Å². The van der Waals surface area contributed by atoms with E-state index in [2.05, 4.69) is 12.2 Å². The van der Waals surface area contributed by atoms with Gasteiger partial charge in [-0.15, -0.1) is 0 Å². The first-order valence-corrected chi connectivity index (χ1v) is 4.77. The highest BCUT2D eigenvalue weighted by Crippen LogP contribution is 1.94. The van der Waals surface area contributed by atoms with E-state index in [0.717, 1.165) is 26.1 Å². The van der Waals surface area contributed by atoms with Gasteiger partial charge in [0.15, 0.2) is 0 Å². The molecule has 0 heterocycles. The number of rotatable bonds is 8. The van der Waals surface area contributed by atoms with Crippen LogP contribution in [0.4, 0.5) is 0 Å². The smallest absolute Gasteiger partial charge is 0.0474 e. The molecule has 74 valence electrons. The van der Waals surface area contributed by atoms with Crippen LogP contribution in [0.15, 0.2) is 0 Å². The van der Waals surface area contributed by atoms with Crippen molar-refractivity contribution in [3.8, 4) is 0 Å². The summed E-state index contributed by atoms with van der Waals surface area (Å²) < 4.78 is 4.95. The lowest BCUT2D eigenvalue weighted by molar-refractivity contribution is 0.193. The van der Waals surface area contributed by atoms with E-state index in [1.165, 1.54) is 12.8 Å². The van der Waals surface area contributed by atoms with Crippen LogP contribution in [0.25, 0.3) is 0 Å². The summed E-state index contributed by atoms with van der Waals surface area (Å²) in [5, 5.41) is 3.40. The van der Waals surface area contributed by atoms with E-state index >= 15 is 0 Å². The zero-order valence-corrected chi connectivity index (χ0v) is 8.31. The average molecular weight is 174 g/mol. The largest absolute Gasteiger partial charge is 0.385 e.